The van der Waals surface area contributed by atoms with E-state index in [0.717, 1.165) is 0 Å². The fraction of sp³-hybridized carbons (Fsp3) is 0.158. The number of benzene rings is 2. The van der Waals surface area contributed by atoms with Crippen LogP contribution < -0.4 is 15.4 Å². The van der Waals surface area contributed by atoms with Crippen LogP contribution in [0.25, 0.3) is 11.4 Å². The van der Waals surface area contributed by atoms with E-state index in [-0.39, 0.29) is 36.3 Å². The van der Waals surface area contributed by atoms with Gasteiger partial charge in [-0.25, -0.2) is 4.39 Å². The molecule has 2 amide bonds. The molecule has 0 aliphatic heterocycles. The van der Waals surface area contributed by atoms with E-state index >= 15 is 0 Å². The molecule has 0 bridgehead atoms. The highest BCUT2D eigenvalue weighted by molar-refractivity contribution is 5.97. The van der Waals surface area contributed by atoms with Crippen LogP contribution in [0.1, 0.15) is 21.0 Å². The Morgan fingerprint density at radius 1 is 1.04 bits per heavy atom. The Morgan fingerprint density at radius 2 is 1.71 bits per heavy atom. The van der Waals surface area contributed by atoms with Crippen LogP contribution in [0, 0.1) is 5.82 Å². The molecular weight excluding hydrogens is 367 g/mol. The highest BCUT2D eigenvalue weighted by atomic mass is 19.1. The van der Waals surface area contributed by atoms with Gasteiger partial charge < -0.3 is 19.9 Å². The fourth-order valence-corrected chi connectivity index (χ4v) is 2.42. The Hall–Kier alpha value is -3.75. The summed E-state index contributed by atoms with van der Waals surface area (Å²) in [5.41, 5.74) is 0.525. The second kappa shape index (κ2) is 8.76. The zero-order valence-electron chi connectivity index (χ0n) is 14.9. The molecular formula is C19H17FN4O4. The molecule has 144 valence electrons. The van der Waals surface area contributed by atoms with Crippen molar-refractivity contribution < 1.29 is 23.2 Å². The summed E-state index contributed by atoms with van der Waals surface area (Å²) in [5, 5.41) is 8.82. The lowest BCUT2D eigenvalue weighted by atomic mass is 10.2. The Morgan fingerprint density at radius 3 is 2.46 bits per heavy atom. The molecule has 0 fully saturated rings. The first-order chi connectivity index (χ1) is 13.6. The van der Waals surface area contributed by atoms with Crippen LogP contribution >= 0.6 is 0 Å². The van der Waals surface area contributed by atoms with Gasteiger partial charge in [-0.3, -0.25) is 9.59 Å². The molecule has 0 atom stereocenters. The molecule has 1 aromatic heterocycles. The molecule has 0 saturated carbocycles. The first-order valence-electron chi connectivity index (χ1n) is 8.38. The molecule has 0 aliphatic carbocycles. The van der Waals surface area contributed by atoms with E-state index in [1.54, 1.807) is 30.3 Å². The number of ether oxygens (including phenoxy) is 1. The summed E-state index contributed by atoms with van der Waals surface area (Å²) in [4.78, 5) is 28.1. The van der Waals surface area contributed by atoms with Gasteiger partial charge >= 0.3 is 11.8 Å². The van der Waals surface area contributed by atoms with E-state index in [0.29, 0.717) is 11.3 Å². The van der Waals surface area contributed by atoms with Crippen molar-refractivity contribution in [3.8, 4) is 17.1 Å². The van der Waals surface area contributed by atoms with Crippen LogP contribution in [0.15, 0.2) is 53.1 Å². The van der Waals surface area contributed by atoms with Crippen molar-refractivity contribution in [3.63, 3.8) is 0 Å². The molecule has 3 rings (SSSR count). The first kappa shape index (κ1) is 19.0. The Bertz CT molecular complexity index is 989. The van der Waals surface area contributed by atoms with E-state index in [1.807, 2.05) is 0 Å². The smallest absolute Gasteiger partial charge is 0.316 e. The van der Waals surface area contributed by atoms with Gasteiger partial charge in [0, 0.05) is 13.1 Å². The van der Waals surface area contributed by atoms with Crippen LogP contribution in [-0.2, 0) is 0 Å². The molecule has 0 spiro atoms. The van der Waals surface area contributed by atoms with Crippen LogP contribution in [0.5, 0.6) is 5.75 Å². The third kappa shape index (κ3) is 4.32. The van der Waals surface area contributed by atoms with Crippen molar-refractivity contribution in [1.29, 1.82) is 0 Å². The minimum absolute atomic E-state index is 0.0206. The van der Waals surface area contributed by atoms with Gasteiger partial charge in [0.2, 0.25) is 5.82 Å². The maximum absolute atomic E-state index is 13.7. The number of nitrogens with one attached hydrogen (secondary N) is 2. The topological polar surface area (TPSA) is 106 Å². The largest absolute Gasteiger partial charge is 0.496 e. The summed E-state index contributed by atoms with van der Waals surface area (Å²) < 4.78 is 23.7. The van der Waals surface area contributed by atoms with Crippen LogP contribution in [0.3, 0.4) is 0 Å². The molecule has 0 radical (unpaired) electrons. The van der Waals surface area contributed by atoms with Gasteiger partial charge in [-0.05, 0) is 24.3 Å². The highest BCUT2D eigenvalue weighted by Crippen LogP contribution is 2.19. The van der Waals surface area contributed by atoms with Crippen molar-refractivity contribution in [1.82, 2.24) is 20.8 Å². The number of carbonyl (C=O) groups excluding carboxylic acids is 2. The van der Waals surface area contributed by atoms with E-state index in [2.05, 4.69) is 20.8 Å². The lowest BCUT2D eigenvalue weighted by molar-refractivity contribution is 0.0897. The predicted molar refractivity (Wildman–Crippen MR) is 97.4 cm³/mol. The van der Waals surface area contributed by atoms with Crippen LogP contribution in [0.4, 0.5) is 4.39 Å². The van der Waals surface area contributed by atoms with E-state index in [9.17, 15) is 14.0 Å². The van der Waals surface area contributed by atoms with Gasteiger partial charge in [0.1, 0.15) is 11.6 Å². The fourth-order valence-electron chi connectivity index (χ4n) is 2.42. The summed E-state index contributed by atoms with van der Waals surface area (Å²) >= 11 is 0. The number of hydrogen-bond acceptors (Lipinski definition) is 6. The number of aromatic nitrogens is 2. The Kier molecular flexibility index (Phi) is 5.95. The van der Waals surface area contributed by atoms with Gasteiger partial charge in [0.25, 0.3) is 5.91 Å². The molecule has 0 aliphatic rings. The third-order valence-corrected chi connectivity index (χ3v) is 3.78. The molecule has 1 heterocycles. The van der Waals surface area contributed by atoms with Crippen molar-refractivity contribution in [2.24, 2.45) is 0 Å². The normalized spacial score (nSPS) is 10.4. The summed E-state index contributed by atoms with van der Waals surface area (Å²) in [6, 6.07) is 12.7. The van der Waals surface area contributed by atoms with Crippen molar-refractivity contribution >= 4 is 11.8 Å². The number of hydrogen-bond donors (Lipinski definition) is 2. The number of para-hydroxylation sites is 1. The summed E-state index contributed by atoms with van der Waals surface area (Å²) in [7, 11) is 1.48. The van der Waals surface area contributed by atoms with Crippen LogP contribution in [-0.4, -0.2) is 42.2 Å². The van der Waals surface area contributed by atoms with Gasteiger partial charge in [-0.2, -0.15) is 4.98 Å². The van der Waals surface area contributed by atoms with Gasteiger partial charge in [0.15, 0.2) is 0 Å². The zero-order valence-corrected chi connectivity index (χ0v) is 14.9. The number of amides is 2. The monoisotopic (exact) mass is 384 g/mol. The summed E-state index contributed by atoms with van der Waals surface area (Å²) in [6.07, 6.45) is 0. The maximum atomic E-state index is 13.7. The molecule has 8 nitrogen and oxygen atoms in total. The maximum Gasteiger partial charge on any atom is 0.316 e. The Labute approximate surface area is 159 Å². The molecule has 2 aromatic carbocycles. The second-order valence-corrected chi connectivity index (χ2v) is 5.62. The van der Waals surface area contributed by atoms with Crippen molar-refractivity contribution in [2.45, 2.75) is 0 Å². The average molecular weight is 384 g/mol. The number of halogens is 1. The molecule has 3 aromatic rings. The molecule has 2 N–H and O–H groups in total. The lowest BCUT2D eigenvalue weighted by Crippen LogP contribution is -2.35. The Balaban J connectivity index is 1.51. The minimum Gasteiger partial charge on any atom is -0.496 e. The SMILES string of the molecule is COc1ccccc1C(=O)NCCNC(=O)c1nc(-c2ccccc2F)no1. The molecule has 0 unspecified atom stereocenters. The third-order valence-electron chi connectivity index (χ3n) is 3.78. The minimum atomic E-state index is -0.623. The van der Waals surface area contributed by atoms with Gasteiger partial charge in [0.05, 0.1) is 18.2 Å². The quantitative estimate of drug-likeness (QED) is 0.604. The molecule has 9 heteroatoms. The van der Waals surface area contributed by atoms with E-state index in [4.69, 9.17) is 9.26 Å². The number of methoxy groups -OCH3 is 1. The summed E-state index contributed by atoms with van der Waals surface area (Å²) in [5.74, 6) is -1.33. The first-order valence-corrected chi connectivity index (χ1v) is 8.38. The number of rotatable bonds is 7. The highest BCUT2D eigenvalue weighted by Gasteiger charge is 2.18. The number of nitrogens with zero attached hydrogens (tertiary/aromatic N) is 2. The predicted octanol–water partition coefficient (Wildman–Crippen LogP) is 2.04. The standard InChI is InChI=1S/C19H17FN4O4/c1-27-15-9-5-3-7-13(15)17(25)21-10-11-22-18(26)19-23-16(24-28-19)12-6-2-4-8-14(12)20/h2-9H,10-11H2,1H3,(H,21,25)(H,22,26). The molecule has 28 heavy (non-hydrogen) atoms. The van der Waals surface area contributed by atoms with Gasteiger partial charge in [-0.1, -0.05) is 29.4 Å². The number of carbonyl (C=O) groups is 2. The zero-order chi connectivity index (χ0) is 19.9. The average Bonchev–Trinajstić information content (AvgIpc) is 3.21. The summed E-state index contributed by atoms with van der Waals surface area (Å²) in [6.45, 7) is 0.314. The van der Waals surface area contributed by atoms with E-state index in [1.165, 1.54) is 25.3 Å². The van der Waals surface area contributed by atoms with Crippen molar-refractivity contribution in [2.75, 3.05) is 20.2 Å². The molecule has 0 saturated heterocycles. The van der Waals surface area contributed by atoms with E-state index < -0.39 is 11.7 Å². The van der Waals surface area contributed by atoms with Crippen molar-refractivity contribution in [3.05, 3.63) is 65.8 Å². The van der Waals surface area contributed by atoms with Crippen LogP contribution in [0.2, 0.25) is 0 Å². The van der Waals surface area contributed by atoms with Gasteiger partial charge in [-0.15, -0.1) is 0 Å². The second-order valence-electron chi connectivity index (χ2n) is 5.62. The lowest BCUT2D eigenvalue weighted by Gasteiger charge is -2.09.